The van der Waals surface area contributed by atoms with Crippen LogP contribution in [-0.4, -0.2) is 21.1 Å². The molecule has 2 heterocycles. The van der Waals surface area contributed by atoms with Crippen molar-refractivity contribution in [3.63, 3.8) is 0 Å². The number of fused-ring (bicyclic) bond motifs is 1. The van der Waals surface area contributed by atoms with Crippen LogP contribution in [0.1, 0.15) is 48.9 Å². The minimum Gasteiger partial charge on any atom is -0.294 e. The van der Waals surface area contributed by atoms with Crippen LogP contribution in [0.4, 0.5) is 4.39 Å². The highest BCUT2D eigenvalue weighted by molar-refractivity contribution is 5.68. The zero-order valence-electron chi connectivity index (χ0n) is 8.14. The number of nitrogens with zero attached hydrogens (tertiary/aromatic N) is 3. The summed E-state index contributed by atoms with van der Waals surface area (Å²) < 4.78 is 15.0. The first kappa shape index (κ1) is 9.30. The van der Waals surface area contributed by atoms with Crippen LogP contribution in [0.25, 0.3) is 0 Å². The third-order valence-corrected chi connectivity index (χ3v) is 2.59. The van der Waals surface area contributed by atoms with Crippen LogP contribution in [0, 0.1) is 5.92 Å². The van der Waals surface area contributed by atoms with Gasteiger partial charge in [-0.05, 0) is 5.92 Å². The van der Waals surface area contributed by atoms with Crippen molar-refractivity contribution >= 4 is 6.29 Å². The quantitative estimate of drug-likeness (QED) is 0.678. The van der Waals surface area contributed by atoms with E-state index in [1.807, 2.05) is 13.8 Å². The highest BCUT2D eigenvalue weighted by Crippen LogP contribution is 2.38. The number of carbonyl (C=O) groups excluding carboxylic acids is 1. The largest absolute Gasteiger partial charge is 0.294 e. The molecule has 2 atom stereocenters. The summed E-state index contributed by atoms with van der Waals surface area (Å²) in [6.07, 6.45) is -0.106. The zero-order valence-corrected chi connectivity index (χ0v) is 8.14. The Labute approximate surface area is 81.1 Å². The summed E-state index contributed by atoms with van der Waals surface area (Å²) in [6, 6.07) is 0.0289. The topological polar surface area (TPSA) is 47.8 Å². The van der Waals surface area contributed by atoms with Gasteiger partial charge in [-0.15, -0.1) is 5.10 Å². The second kappa shape index (κ2) is 3.15. The lowest BCUT2D eigenvalue weighted by Crippen LogP contribution is -2.12. The lowest BCUT2D eigenvalue weighted by molar-refractivity contribution is 0.111. The maximum absolute atomic E-state index is 13.4. The lowest BCUT2D eigenvalue weighted by atomic mass is 10.0. The van der Waals surface area contributed by atoms with Crippen molar-refractivity contribution in [3.05, 3.63) is 11.6 Å². The molecular weight excluding hydrogens is 185 g/mol. The van der Waals surface area contributed by atoms with Crippen LogP contribution in [0.5, 0.6) is 0 Å². The molecule has 0 radical (unpaired) electrons. The molecular formula is C9H12FN3O. The van der Waals surface area contributed by atoms with Gasteiger partial charge in [-0.25, -0.2) is 14.1 Å². The maximum atomic E-state index is 13.4. The van der Waals surface area contributed by atoms with Crippen LogP contribution in [-0.2, 0) is 0 Å². The Hall–Kier alpha value is -1.26. The first-order valence-corrected chi connectivity index (χ1v) is 4.69. The average molecular weight is 197 g/mol. The molecule has 0 amide bonds. The van der Waals surface area contributed by atoms with Crippen molar-refractivity contribution in [2.45, 2.75) is 32.5 Å². The number of alkyl halides is 1. The molecule has 1 aromatic rings. The Morgan fingerprint density at radius 1 is 1.64 bits per heavy atom. The molecule has 1 aliphatic rings. The first-order valence-electron chi connectivity index (χ1n) is 4.69. The van der Waals surface area contributed by atoms with Crippen molar-refractivity contribution < 1.29 is 9.18 Å². The van der Waals surface area contributed by atoms with Gasteiger partial charge in [-0.2, -0.15) is 0 Å². The van der Waals surface area contributed by atoms with Gasteiger partial charge < -0.3 is 0 Å². The first-order chi connectivity index (χ1) is 6.63. The summed E-state index contributed by atoms with van der Waals surface area (Å²) in [5.41, 5.74) is 0. The van der Waals surface area contributed by atoms with Crippen LogP contribution >= 0.6 is 0 Å². The summed E-state index contributed by atoms with van der Waals surface area (Å²) in [4.78, 5) is 14.3. The number of halogens is 1. The SMILES string of the molecule is CC(C)[C@@H]1C[C@H](F)c2nc(C=O)nn21. The van der Waals surface area contributed by atoms with E-state index >= 15 is 0 Å². The molecule has 0 spiro atoms. The van der Waals surface area contributed by atoms with Gasteiger partial charge in [0.2, 0.25) is 5.82 Å². The fourth-order valence-corrected chi connectivity index (χ4v) is 1.83. The fourth-order valence-electron chi connectivity index (χ4n) is 1.83. The summed E-state index contributed by atoms with van der Waals surface area (Å²) in [5.74, 6) is 0.675. The van der Waals surface area contributed by atoms with E-state index in [0.29, 0.717) is 24.4 Å². The van der Waals surface area contributed by atoms with Gasteiger partial charge >= 0.3 is 0 Å². The van der Waals surface area contributed by atoms with Crippen LogP contribution in [0.2, 0.25) is 0 Å². The molecule has 76 valence electrons. The molecule has 0 saturated carbocycles. The van der Waals surface area contributed by atoms with E-state index in [9.17, 15) is 9.18 Å². The molecule has 1 aliphatic heterocycles. The van der Waals surface area contributed by atoms with Crippen molar-refractivity contribution in [2.75, 3.05) is 0 Å². The molecule has 0 fully saturated rings. The fraction of sp³-hybridized carbons (Fsp3) is 0.667. The van der Waals surface area contributed by atoms with Crippen molar-refractivity contribution in [3.8, 4) is 0 Å². The van der Waals surface area contributed by atoms with E-state index in [0.717, 1.165) is 0 Å². The summed E-state index contributed by atoms with van der Waals surface area (Å²) in [5, 5.41) is 3.96. The van der Waals surface area contributed by atoms with Crippen molar-refractivity contribution in [2.24, 2.45) is 5.92 Å². The Balaban J connectivity index is 2.41. The molecule has 0 N–H and O–H groups in total. The molecule has 14 heavy (non-hydrogen) atoms. The van der Waals surface area contributed by atoms with Gasteiger partial charge in [0.1, 0.15) is 0 Å². The molecule has 2 rings (SSSR count). The highest BCUT2D eigenvalue weighted by Gasteiger charge is 2.35. The third-order valence-electron chi connectivity index (χ3n) is 2.59. The Kier molecular flexibility index (Phi) is 2.09. The summed E-state index contributed by atoms with van der Waals surface area (Å²) in [7, 11) is 0. The Morgan fingerprint density at radius 3 is 2.93 bits per heavy atom. The molecule has 0 aliphatic carbocycles. The van der Waals surface area contributed by atoms with Crippen LogP contribution in [0.3, 0.4) is 0 Å². The lowest BCUT2D eigenvalue weighted by Gasteiger charge is -2.14. The molecule has 0 unspecified atom stereocenters. The standard InChI is InChI=1S/C9H12FN3O/c1-5(2)7-3-6(10)9-11-8(4-14)12-13(7)9/h4-7H,3H2,1-2H3/t6-,7-/m0/s1. The van der Waals surface area contributed by atoms with Gasteiger partial charge in [0, 0.05) is 6.42 Å². The van der Waals surface area contributed by atoms with E-state index in [1.54, 1.807) is 4.68 Å². The highest BCUT2D eigenvalue weighted by atomic mass is 19.1. The molecule has 4 nitrogen and oxygen atoms in total. The molecule has 0 aromatic carbocycles. The number of aldehydes is 1. The minimum absolute atomic E-state index is 0.0289. The van der Waals surface area contributed by atoms with Gasteiger partial charge in [-0.1, -0.05) is 13.8 Å². The Bertz CT molecular complexity index is 361. The van der Waals surface area contributed by atoms with E-state index in [2.05, 4.69) is 10.1 Å². The Morgan fingerprint density at radius 2 is 2.36 bits per heavy atom. The molecule has 0 saturated heterocycles. The predicted molar refractivity (Wildman–Crippen MR) is 47.8 cm³/mol. The zero-order chi connectivity index (χ0) is 10.3. The van der Waals surface area contributed by atoms with E-state index in [1.165, 1.54) is 0 Å². The molecule has 5 heteroatoms. The second-order valence-corrected chi connectivity index (χ2v) is 3.91. The smallest absolute Gasteiger partial charge is 0.214 e. The van der Waals surface area contributed by atoms with Crippen molar-refractivity contribution in [1.82, 2.24) is 14.8 Å². The normalized spacial score (nSPS) is 25.4. The molecule has 0 bridgehead atoms. The third kappa shape index (κ3) is 1.23. The van der Waals surface area contributed by atoms with E-state index < -0.39 is 6.17 Å². The van der Waals surface area contributed by atoms with Crippen molar-refractivity contribution in [1.29, 1.82) is 0 Å². The average Bonchev–Trinajstić information content (AvgIpc) is 2.66. The predicted octanol–water partition coefficient (Wildman–Crippen LogP) is 1.70. The summed E-state index contributed by atoms with van der Waals surface area (Å²) in [6.45, 7) is 4.02. The number of hydrogen-bond acceptors (Lipinski definition) is 3. The van der Waals surface area contributed by atoms with Gasteiger partial charge in [0.15, 0.2) is 18.3 Å². The van der Waals surface area contributed by atoms with Gasteiger partial charge in [0.05, 0.1) is 6.04 Å². The number of hydrogen-bond donors (Lipinski definition) is 0. The van der Waals surface area contributed by atoms with Gasteiger partial charge in [0.25, 0.3) is 0 Å². The van der Waals surface area contributed by atoms with Gasteiger partial charge in [-0.3, -0.25) is 4.79 Å². The van der Waals surface area contributed by atoms with E-state index in [-0.39, 0.29) is 11.9 Å². The monoisotopic (exact) mass is 197 g/mol. The number of carbonyl (C=O) groups is 1. The maximum Gasteiger partial charge on any atom is 0.214 e. The number of aromatic nitrogens is 3. The minimum atomic E-state index is -1.08. The van der Waals surface area contributed by atoms with Crippen LogP contribution in [0.15, 0.2) is 0 Å². The van der Waals surface area contributed by atoms with E-state index in [4.69, 9.17) is 0 Å². The van der Waals surface area contributed by atoms with Crippen LogP contribution < -0.4 is 0 Å². The molecule has 1 aromatic heterocycles. The second-order valence-electron chi connectivity index (χ2n) is 3.91. The summed E-state index contributed by atoms with van der Waals surface area (Å²) >= 11 is 0. The number of rotatable bonds is 2.